The van der Waals surface area contributed by atoms with Gasteiger partial charge in [-0.1, -0.05) is 20.8 Å². The average molecular weight is 267 g/mol. The summed E-state index contributed by atoms with van der Waals surface area (Å²) in [6.45, 7) is 10.1. The summed E-state index contributed by atoms with van der Waals surface area (Å²) in [6.07, 6.45) is -0.341. The zero-order chi connectivity index (χ0) is 13.7. The fraction of sp³-hybridized carbons (Fsp3) is 1.00. The maximum Gasteiger partial charge on any atom is 0.476 e. The first kappa shape index (κ1) is 17.1. The van der Waals surface area contributed by atoms with Crippen LogP contribution in [0.5, 0.6) is 0 Å². The van der Waals surface area contributed by atoms with Gasteiger partial charge in [-0.15, -0.1) is 0 Å². The molecular weight excluding hydrogens is 241 g/mol. The van der Waals surface area contributed by atoms with Crippen LogP contribution in [0, 0.1) is 5.41 Å². The van der Waals surface area contributed by atoms with E-state index in [2.05, 4.69) is 0 Å². The Morgan fingerprint density at radius 3 is 1.76 bits per heavy atom. The van der Waals surface area contributed by atoms with Crippen molar-refractivity contribution in [3.8, 4) is 0 Å². The molecule has 6 heteroatoms. The molecule has 0 aromatic rings. The minimum Gasteiger partial charge on any atom is -0.287 e. The van der Waals surface area contributed by atoms with Crippen LogP contribution in [-0.2, 0) is 18.1 Å². The Labute approximate surface area is 105 Å². The van der Waals surface area contributed by atoms with Gasteiger partial charge >= 0.3 is 7.82 Å². The predicted molar refractivity (Wildman–Crippen MR) is 68.9 cm³/mol. The summed E-state index contributed by atoms with van der Waals surface area (Å²) in [4.78, 5) is 1.87. The third-order valence-corrected chi connectivity index (χ3v) is 3.62. The maximum atomic E-state index is 12.3. The van der Waals surface area contributed by atoms with E-state index in [1.807, 2.05) is 39.8 Å². The highest BCUT2D eigenvalue weighted by molar-refractivity contribution is 7.48. The minimum absolute atomic E-state index is 0.187. The molecule has 1 atom stereocenters. The van der Waals surface area contributed by atoms with Gasteiger partial charge in [-0.05, 0) is 27.9 Å². The van der Waals surface area contributed by atoms with Crippen molar-refractivity contribution in [3.05, 3.63) is 0 Å². The molecule has 0 fully saturated rings. The molecule has 17 heavy (non-hydrogen) atoms. The van der Waals surface area contributed by atoms with E-state index in [0.717, 1.165) is 0 Å². The van der Waals surface area contributed by atoms with Crippen LogP contribution < -0.4 is 0 Å². The molecule has 104 valence electrons. The SMILES string of the molecule is CCOP(=O)(OCC)OC(N(C)C)C(C)(C)C. The molecule has 0 N–H and O–H groups in total. The Balaban J connectivity index is 4.87. The smallest absolute Gasteiger partial charge is 0.287 e. The Hall–Kier alpha value is 0.0700. The number of hydrogen-bond acceptors (Lipinski definition) is 5. The van der Waals surface area contributed by atoms with Crippen LogP contribution in [0.15, 0.2) is 0 Å². The molecule has 1 unspecified atom stereocenters. The highest BCUT2D eigenvalue weighted by Crippen LogP contribution is 2.52. The van der Waals surface area contributed by atoms with E-state index in [1.165, 1.54) is 0 Å². The van der Waals surface area contributed by atoms with Gasteiger partial charge in [-0.3, -0.25) is 18.5 Å². The van der Waals surface area contributed by atoms with Crippen molar-refractivity contribution in [1.82, 2.24) is 4.90 Å². The Kier molecular flexibility index (Phi) is 6.89. The molecule has 0 aromatic carbocycles. The predicted octanol–water partition coefficient (Wildman–Crippen LogP) is 3.12. The Bertz CT molecular complexity index is 253. The number of rotatable bonds is 7. The fourth-order valence-electron chi connectivity index (χ4n) is 1.56. The lowest BCUT2D eigenvalue weighted by Gasteiger charge is -2.36. The molecule has 0 aliphatic rings. The van der Waals surface area contributed by atoms with Crippen molar-refractivity contribution in [2.75, 3.05) is 27.3 Å². The summed E-state index contributed by atoms with van der Waals surface area (Å²) in [5, 5.41) is 0. The van der Waals surface area contributed by atoms with Crippen molar-refractivity contribution in [3.63, 3.8) is 0 Å². The third kappa shape index (κ3) is 5.98. The molecule has 0 saturated carbocycles. The van der Waals surface area contributed by atoms with Crippen LogP contribution in [0.3, 0.4) is 0 Å². The van der Waals surface area contributed by atoms with Gasteiger partial charge in [0.1, 0.15) is 6.23 Å². The van der Waals surface area contributed by atoms with E-state index in [9.17, 15) is 4.57 Å². The number of phosphoric ester groups is 1. The first-order valence-electron chi connectivity index (χ1n) is 5.90. The second-order valence-corrected chi connectivity index (χ2v) is 6.69. The molecule has 0 aromatic heterocycles. The highest BCUT2D eigenvalue weighted by atomic mass is 31.2. The lowest BCUT2D eigenvalue weighted by Crippen LogP contribution is -2.41. The summed E-state index contributed by atoms with van der Waals surface area (Å²) in [5.41, 5.74) is -0.187. The van der Waals surface area contributed by atoms with Gasteiger partial charge in [-0.25, -0.2) is 4.57 Å². The van der Waals surface area contributed by atoms with Crippen LogP contribution in [0.25, 0.3) is 0 Å². The number of nitrogens with zero attached hydrogens (tertiary/aromatic N) is 1. The second kappa shape index (κ2) is 6.86. The largest absolute Gasteiger partial charge is 0.476 e. The highest BCUT2D eigenvalue weighted by Gasteiger charge is 2.37. The lowest BCUT2D eigenvalue weighted by molar-refractivity contribution is -0.0508. The van der Waals surface area contributed by atoms with Crippen LogP contribution in [0.1, 0.15) is 34.6 Å². The molecule has 5 nitrogen and oxygen atoms in total. The van der Waals surface area contributed by atoms with E-state index < -0.39 is 7.82 Å². The quantitative estimate of drug-likeness (QED) is 0.524. The van der Waals surface area contributed by atoms with E-state index in [1.54, 1.807) is 13.8 Å². The van der Waals surface area contributed by atoms with Gasteiger partial charge in [0.2, 0.25) is 0 Å². The first-order valence-corrected chi connectivity index (χ1v) is 7.36. The van der Waals surface area contributed by atoms with Crippen molar-refractivity contribution < 1.29 is 18.1 Å². The van der Waals surface area contributed by atoms with Crippen molar-refractivity contribution in [1.29, 1.82) is 0 Å². The normalized spacial score (nSPS) is 15.3. The van der Waals surface area contributed by atoms with Gasteiger partial charge in [0.25, 0.3) is 0 Å². The molecule has 0 aliphatic heterocycles. The van der Waals surface area contributed by atoms with Crippen LogP contribution >= 0.6 is 7.82 Å². The molecule has 0 heterocycles. The lowest BCUT2D eigenvalue weighted by atomic mass is 9.94. The van der Waals surface area contributed by atoms with E-state index in [4.69, 9.17) is 13.6 Å². The van der Waals surface area contributed by atoms with Crippen molar-refractivity contribution >= 4 is 7.82 Å². The van der Waals surface area contributed by atoms with Crippen LogP contribution in [0.4, 0.5) is 0 Å². The van der Waals surface area contributed by atoms with Gasteiger partial charge in [0.15, 0.2) is 0 Å². The van der Waals surface area contributed by atoms with Gasteiger partial charge < -0.3 is 0 Å². The molecule has 0 aliphatic carbocycles. The van der Waals surface area contributed by atoms with Gasteiger partial charge in [0, 0.05) is 5.41 Å². The third-order valence-electron chi connectivity index (χ3n) is 2.01. The van der Waals surface area contributed by atoms with E-state index >= 15 is 0 Å². The minimum atomic E-state index is -3.47. The number of hydrogen-bond donors (Lipinski definition) is 0. The summed E-state index contributed by atoms with van der Waals surface area (Å²) < 4.78 is 28.1. The number of phosphoric acid groups is 1. The Morgan fingerprint density at radius 2 is 1.53 bits per heavy atom. The topological polar surface area (TPSA) is 48.0 Å². The summed E-state index contributed by atoms with van der Waals surface area (Å²) >= 11 is 0. The maximum absolute atomic E-state index is 12.3. The molecule has 0 spiro atoms. The zero-order valence-electron chi connectivity index (χ0n) is 12.0. The van der Waals surface area contributed by atoms with Crippen LogP contribution in [0.2, 0.25) is 0 Å². The molecular formula is C11H26NO4P. The summed E-state index contributed by atoms with van der Waals surface area (Å²) in [5.74, 6) is 0. The monoisotopic (exact) mass is 267 g/mol. The summed E-state index contributed by atoms with van der Waals surface area (Å²) in [6, 6.07) is 0. The molecule has 0 amide bonds. The van der Waals surface area contributed by atoms with Gasteiger partial charge in [-0.2, -0.15) is 0 Å². The van der Waals surface area contributed by atoms with E-state index in [-0.39, 0.29) is 11.6 Å². The van der Waals surface area contributed by atoms with Crippen molar-refractivity contribution in [2.45, 2.75) is 40.8 Å². The van der Waals surface area contributed by atoms with Crippen LogP contribution in [-0.4, -0.2) is 38.4 Å². The summed E-state index contributed by atoms with van der Waals surface area (Å²) in [7, 11) is 0.279. The zero-order valence-corrected chi connectivity index (χ0v) is 12.9. The standard InChI is InChI=1S/C11H26NO4P/c1-8-14-17(13,15-9-2)16-10(12(6)7)11(3,4)5/h10H,8-9H2,1-7H3. The molecule has 0 radical (unpaired) electrons. The second-order valence-electron chi connectivity index (χ2n) is 5.07. The molecule has 0 rings (SSSR count). The van der Waals surface area contributed by atoms with Crippen molar-refractivity contribution in [2.24, 2.45) is 5.41 Å². The average Bonchev–Trinajstić information content (AvgIpc) is 2.13. The Morgan fingerprint density at radius 1 is 1.12 bits per heavy atom. The van der Waals surface area contributed by atoms with Gasteiger partial charge in [0.05, 0.1) is 13.2 Å². The molecule has 0 bridgehead atoms. The fourth-order valence-corrected chi connectivity index (χ4v) is 3.14. The van der Waals surface area contributed by atoms with E-state index in [0.29, 0.717) is 13.2 Å². The first-order chi connectivity index (χ1) is 7.66. The molecule has 0 saturated heterocycles.